The first-order valence-corrected chi connectivity index (χ1v) is 5.45. The van der Waals surface area contributed by atoms with Crippen LogP contribution < -0.4 is 0 Å². The molecule has 0 atom stereocenters. The summed E-state index contributed by atoms with van der Waals surface area (Å²) in [7, 11) is 0. The lowest BCUT2D eigenvalue weighted by molar-refractivity contribution is 0.560. The van der Waals surface area contributed by atoms with Crippen molar-refractivity contribution in [3.8, 4) is 0 Å². The van der Waals surface area contributed by atoms with Crippen LogP contribution in [0, 0.1) is 13.8 Å². The normalized spacial score (nSPS) is 8.67. The number of hydrogen-bond acceptors (Lipinski definition) is 3. The van der Waals surface area contributed by atoms with Gasteiger partial charge in [-0.1, -0.05) is 27.7 Å². The minimum Gasteiger partial charge on any atom is -0.441 e. The quantitative estimate of drug-likeness (QED) is 0.659. The summed E-state index contributed by atoms with van der Waals surface area (Å²) >= 11 is 0. The molecule has 0 radical (unpaired) electrons. The van der Waals surface area contributed by atoms with Crippen LogP contribution in [0.1, 0.15) is 39.3 Å². The molecule has 2 heterocycles. The molecule has 2 aromatic heterocycles. The van der Waals surface area contributed by atoms with Crippen LogP contribution in [0.5, 0.6) is 0 Å². The second kappa shape index (κ2) is 6.98. The largest absolute Gasteiger partial charge is 0.441 e. The van der Waals surface area contributed by atoms with Crippen molar-refractivity contribution in [1.29, 1.82) is 0 Å². The van der Waals surface area contributed by atoms with E-state index in [2.05, 4.69) is 9.97 Å². The highest BCUT2D eigenvalue weighted by Gasteiger charge is 2.00. The van der Waals surface area contributed by atoms with E-state index in [4.69, 9.17) is 4.42 Å². The molecule has 0 unspecified atom stereocenters. The fourth-order valence-electron chi connectivity index (χ4n) is 1.04. The molecule has 0 aliphatic carbocycles. The monoisotopic (exact) mass is 208 g/mol. The standard InChI is InChI=1S/C8H8N2O.2C2H6/c1-5-3-8-7(4-9-5)10-6(2)11-8;2*1-2/h3-4H,1-2H3;2*1-2H3. The summed E-state index contributed by atoms with van der Waals surface area (Å²) in [6, 6.07) is 1.88. The Labute approximate surface area is 91.5 Å². The van der Waals surface area contributed by atoms with Crippen molar-refractivity contribution in [3.05, 3.63) is 23.8 Å². The van der Waals surface area contributed by atoms with Crippen molar-refractivity contribution in [1.82, 2.24) is 9.97 Å². The zero-order valence-corrected chi connectivity index (χ0v) is 10.5. The first-order valence-electron chi connectivity index (χ1n) is 5.45. The molecule has 0 spiro atoms. The highest BCUT2D eigenvalue weighted by molar-refractivity contribution is 5.71. The topological polar surface area (TPSA) is 38.9 Å². The van der Waals surface area contributed by atoms with Gasteiger partial charge in [0.1, 0.15) is 5.52 Å². The molecule has 3 heteroatoms. The minimum absolute atomic E-state index is 0.687. The molecule has 0 saturated carbocycles. The second-order valence-corrected chi connectivity index (χ2v) is 2.53. The molecular weight excluding hydrogens is 188 g/mol. The molecule has 0 N–H and O–H groups in total. The Bertz CT molecular complexity index is 393. The molecule has 3 nitrogen and oxygen atoms in total. The maximum absolute atomic E-state index is 5.30. The summed E-state index contributed by atoms with van der Waals surface area (Å²) in [6.07, 6.45) is 1.72. The summed E-state index contributed by atoms with van der Waals surface area (Å²) < 4.78 is 5.30. The third-order valence-corrected chi connectivity index (χ3v) is 1.52. The van der Waals surface area contributed by atoms with Gasteiger partial charge in [-0.25, -0.2) is 4.98 Å². The smallest absolute Gasteiger partial charge is 0.192 e. The van der Waals surface area contributed by atoms with Crippen LogP contribution in [0.2, 0.25) is 0 Å². The van der Waals surface area contributed by atoms with E-state index in [-0.39, 0.29) is 0 Å². The molecule has 0 fully saturated rings. The van der Waals surface area contributed by atoms with Crippen molar-refractivity contribution in [2.45, 2.75) is 41.5 Å². The fraction of sp³-hybridized carbons (Fsp3) is 0.500. The summed E-state index contributed by atoms with van der Waals surface area (Å²) in [5, 5.41) is 0. The Morgan fingerprint density at radius 2 is 1.67 bits per heavy atom. The number of aromatic nitrogens is 2. The number of aryl methyl sites for hydroxylation is 2. The van der Waals surface area contributed by atoms with E-state index < -0.39 is 0 Å². The summed E-state index contributed by atoms with van der Waals surface area (Å²) in [5.74, 6) is 0.687. The highest BCUT2D eigenvalue weighted by atomic mass is 16.3. The Morgan fingerprint density at radius 3 is 2.27 bits per heavy atom. The zero-order valence-electron chi connectivity index (χ0n) is 10.5. The number of fused-ring (bicyclic) bond motifs is 1. The molecule has 0 aliphatic heterocycles. The lowest BCUT2D eigenvalue weighted by Crippen LogP contribution is -1.77. The van der Waals surface area contributed by atoms with Crippen LogP contribution in [-0.4, -0.2) is 9.97 Å². The number of oxazole rings is 1. The Morgan fingerprint density at radius 1 is 1.07 bits per heavy atom. The predicted molar refractivity (Wildman–Crippen MR) is 64.0 cm³/mol. The molecule has 0 aliphatic rings. The average molecular weight is 208 g/mol. The van der Waals surface area contributed by atoms with Crippen molar-refractivity contribution in [2.24, 2.45) is 0 Å². The SMILES string of the molecule is CC.CC.Cc1cc2oc(C)nc2cn1. The van der Waals surface area contributed by atoms with Crippen molar-refractivity contribution in [3.63, 3.8) is 0 Å². The van der Waals surface area contributed by atoms with Gasteiger partial charge in [-0.3, -0.25) is 4.98 Å². The Hall–Kier alpha value is -1.38. The maximum Gasteiger partial charge on any atom is 0.192 e. The number of rotatable bonds is 0. The van der Waals surface area contributed by atoms with E-state index in [1.54, 1.807) is 6.20 Å². The summed E-state index contributed by atoms with van der Waals surface area (Å²) in [5.41, 5.74) is 2.59. The van der Waals surface area contributed by atoms with Crippen molar-refractivity contribution in [2.75, 3.05) is 0 Å². The van der Waals surface area contributed by atoms with Gasteiger partial charge < -0.3 is 4.42 Å². The number of hydrogen-bond donors (Lipinski definition) is 0. The molecule has 2 rings (SSSR count). The first kappa shape index (κ1) is 13.6. The van der Waals surface area contributed by atoms with Gasteiger partial charge in [0.05, 0.1) is 6.20 Å². The van der Waals surface area contributed by atoms with Gasteiger partial charge in [0.2, 0.25) is 0 Å². The van der Waals surface area contributed by atoms with Crippen LogP contribution in [0.25, 0.3) is 11.1 Å². The molecule has 0 amide bonds. The second-order valence-electron chi connectivity index (χ2n) is 2.53. The van der Waals surface area contributed by atoms with Gasteiger partial charge in [-0.05, 0) is 6.92 Å². The van der Waals surface area contributed by atoms with Gasteiger partial charge in [0, 0.05) is 18.7 Å². The van der Waals surface area contributed by atoms with Gasteiger partial charge in [-0.15, -0.1) is 0 Å². The van der Waals surface area contributed by atoms with Crippen LogP contribution in [0.4, 0.5) is 0 Å². The van der Waals surface area contributed by atoms with Gasteiger partial charge >= 0.3 is 0 Å². The van der Waals surface area contributed by atoms with E-state index >= 15 is 0 Å². The summed E-state index contributed by atoms with van der Waals surface area (Å²) in [6.45, 7) is 11.8. The zero-order chi connectivity index (χ0) is 11.8. The third-order valence-electron chi connectivity index (χ3n) is 1.52. The molecular formula is C12H20N2O. The Balaban J connectivity index is 0.000000442. The maximum atomic E-state index is 5.30. The van der Waals surface area contributed by atoms with E-state index in [9.17, 15) is 0 Å². The van der Waals surface area contributed by atoms with Crippen LogP contribution in [0.15, 0.2) is 16.7 Å². The fourth-order valence-corrected chi connectivity index (χ4v) is 1.04. The van der Waals surface area contributed by atoms with E-state index in [1.165, 1.54) is 0 Å². The molecule has 2 aromatic rings. The van der Waals surface area contributed by atoms with Gasteiger partial charge in [0.25, 0.3) is 0 Å². The van der Waals surface area contributed by atoms with Gasteiger partial charge in [-0.2, -0.15) is 0 Å². The van der Waals surface area contributed by atoms with Crippen LogP contribution in [-0.2, 0) is 0 Å². The van der Waals surface area contributed by atoms with Gasteiger partial charge in [0.15, 0.2) is 11.5 Å². The van der Waals surface area contributed by atoms with E-state index in [0.29, 0.717) is 5.89 Å². The molecule has 0 saturated heterocycles. The Kier molecular flexibility index (Phi) is 6.34. The average Bonchev–Trinajstić information content (AvgIpc) is 2.63. The number of pyridine rings is 1. The van der Waals surface area contributed by atoms with E-state index in [0.717, 1.165) is 16.8 Å². The van der Waals surface area contributed by atoms with Crippen LogP contribution in [0.3, 0.4) is 0 Å². The van der Waals surface area contributed by atoms with Crippen LogP contribution >= 0.6 is 0 Å². The number of nitrogens with zero attached hydrogens (tertiary/aromatic N) is 2. The molecule has 84 valence electrons. The third kappa shape index (κ3) is 3.70. The first-order chi connectivity index (χ1) is 7.25. The minimum atomic E-state index is 0.687. The predicted octanol–water partition coefficient (Wildman–Crippen LogP) is 3.89. The van der Waals surface area contributed by atoms with E-state index in [1.807, 2.05) is 47.6 Å². The van der Waals surface area contributed by atoms with Crippen molar-refractivity contribution >= 4 is 11.1 Å². The van der Waals surface area contributed by atoms with Crippen molar-refractivity contribution < 1.29 is 4.42 Å². The lowest BCUT2D eigenvalue weighted by Gasteiger charge is -1.87. The molecule has 0 aromatic carbocycles. The summed E-state index contributed by atoms with van der Waals surface area (Å²) in [4.78, 5) is 8.22. The molecule has 15 heavy (non-hydrogen) atoms. The molecule has 0 bridgehead atoms. The lowest BCUT2D eigenvalue weighted by atomic mass is 10.3. The highest BCUT2D eigenvalue weighted by Crippen LogP contribution is 2.13.